The Hall–Kier alpha value is -1.55. The van der Waals surface area contributed by atoms with E-state index in [1.54, 1.807) is 6.07 Å². The molecule has 1 N–H and O–H groups in total. The van der Waals surface area contributed by atoms with Gasteiger partial charge >= 0.3 is 0 Å². The van der Waals surface area contributed by atoms with Crippen LogP contribution >= 0.6 is 15.9 Å². The van der Waals surface area contributed by atoms with Crippen molar-refractivity contribution in [2.24, 2.45) is 0 Å². The van der Waals surface area contributed by atoms with Gasteiger partial charge in [-0.15, -0.1) is 0 Å². The highest BCUT2D eigenvalue weighted by atomic mass is 79.9. The molecule has 0 saturated heterocycles. The molecule has 0 spiro atoms. The summed E-state index contributed by atoms with van der Waals surface area (Å²) in [7, 11) is 0. The van der Waals surface area contributed by atoms with Gasteiger partial charge in [-0.1, -0.05) is 28.1 Å². The van der Waals surface area contributed by atoms with Crippen LogP contribution in [0.4, 0.5) is 0 Å². The number of nitrogens with one attached hydrogen (secondary N) is 1. The van der Waals surface area contributed by atoms with Gasteiger partial charge in [-0.05, 0) is 37.6 Å². The van der Waals surface area contributed by atoms with Crippen molar-refractivity contribution in [3.8, 4) is 0 Å². The second-order valence-electron chi connectivity index (χ2n) is 4.20. The van der Waals surface area contributed by atoms with Crippen LogP contribution in [-0.2, 0) is 0 Å². The van der Waals surface area contributed by atoms with Crippen molar-refractivity contribution in [1.82, 2.24) is 5.32 Å². The molecule has 0 bridgehead atoms. The highest BCUT2D eigenvalue weighted by Crippen LogP contribution is 2.18. The number of amides is 1. The monoisotopic (exact) mass is 307 g/mol. The summed E-state index contributed by atoms with van der Waals surface area (Å²) in [6.45, 7) is 3.77. The maximum atomic E-state index is 11.9. The normalized spacial score (nSPS) is 12.2. The SMILES string of the molecule is Cc1cc(C(=O)NC(C)c2cccc(Br)c2)co1. The molecule has 18 heavy (non-hydrogen) atoms. The van der Waals surface area contributed by atoms with Crippen molar-refractivity contribution in [2.45, 2.75) is 19.9 Å². The van der Waals surface area contributed by atoms with Crippen molar-refractivity contribution in [3.05, 3.63) is 58.0 Å². The first-order valence-corrected chi connectivity index (χ1v) is 6.47. The number of halogens is 1. The van der Waals surface area contributed by atoms with Gasteiger partial charge in [-0.25, -0.2) is 0 Å². The molecule has 0 aliphatic carbocycles. The summed E-state index contributed by atoms with van der Waals surface area (Å²) in [6, 6.07) is 9.55. The summed E-state index contributed by atoms with van der Waals surface area (Å²) in [6.07, 6.45) is 1.47. The zero-order valence-corrected chi connectivity index (χ0v) is 11.8. The van der Waals surface area contributed by atoms with Gasteiger partial charge < -0.3 is 9.73 Å². The van der Waals surface area contributed by atoms with E-state index in [2.05, 4.69) is 21.2 Å². The molecule has 3 nitrogen and oxygen atoms in total. The van der Waals surface area contributed by atoms with Gasteiger partial charge in [0.15, 0.2) is 0 Å². The van der Waals surface area contributed by atoms with Crippen LogP contribution in [0.2, 0.25) is 0 Å². The van der Waals surface area contributed by atoms with Crippen LogP contribution in [0.15, 0.2) is 45.5 Å². The van der Waals surface area contributed by atoms with Crippen molar-refractivity contribution >= 4 is 21.8 Å². The highest BCUT2D eigenvalue weighted by molar-refractivity contribution is 9.10. The molecule has 0 fully saturated rings. The molecule has 0 aliphatic heterocycles. The zero-order valence-electron chi connectivity index (χ0n) is 10.2. The third kappa shape index (κ3) is 3.01. The standard InChI is InChI=1S/C14H14BrNO2/c1-9-6-12(8-18-9)14(17)16-10(2)11-4-3-5-13(15)7-11/h3-8,10H,1-2H3,(H,16,17). The average Bonchev–Trinajstić information content (AvgIpc) is 2.76. The van der Waals surface area contributed by atoms with Crippen molar-refractivity contribution < 1.29 is 9.21 Å². The fourth-order valence-corrected chi connectivity index (χ4v) is 2.12. The van der Waals surface area contributed by atoms with E-state index in [1.807, 2.05) is 38.1 Å². The van der Waals surface area contributed by atoms with Gasteiger partial charge in [-0.3, -0.25) is 4.79 Å². The maximum absolute atomic E-state index is 11.9. The number of carbonyl (C=O) groups is 1. The quantitative estimate of drug-likeness (QED) is 0.936. The molecule has 0 aliphatic rings. The van der Waals surface area contributed by atoms with E-state index < -0.39 is 0 Å². The van der Waals surface area contributed by atoms with Crippen LogP contribution in [0, 0.1) is 6.92 Å². The second-order valence-corrected chi connectivity index (χ2v) is 5.11. The van der Waals surface area contributed by atoms with Gasteiger partial charge in [-0.2, -0.15) is 0 Å². The van der Waals surface area contributed by atoms with E-state index in [-0.39, 0.29) is 11.9 Å². The molecule has 1 aromatic carbocycles. The summed E-state index contributed by atoms with van der Waals surface area (Å²) >= 11 is 3.42. The Morgan fingerprint density at radius 2 is 2.17 bits per heavy atom. The Balaban J connectivity index is 2.07. The van der Waals surface area contributed by atoms with Crippen LogP contribution in [0.25, 0.3) is 0 Å². The number of hydrogen-bond donors (Lipinski definition) is 1. The number of hydrogen-bond acceptors (Lipinski definition) is 2. The minimum atomic E-state index is -0.126. The van der Waals surface area contributed by atoms with Crippen LogP contribution < -0.4 is 5.32 Å². The van der Waals surface area contributed by atoms with Gasteiger partial charge in [0.2, 0.25) is 0 Å². The molecule has 4 heteroatoms. The van der Waals surface area contributed by atoms with Gasteiger partial charge in [0.1, 0.15) is 12.0 Å². The fourth-order valence-electron chi connectivity index (χ4n) is 1.70. The third-order valence-electron chi connectivity index (χ3n) is 2.69. The van der Waals surface area contributed by atoms with Gasteiger partial charge in [0.25, 0.3) is 5.91 Å². The summed E-state index contributed by atoms with van der Waals surface area (Å²) in [5.74, 6) is 0.606. The van der Waals surface area contributed by atoms with E-state index in [0.29, 0.717) is 5.56 Å². The number of aryl methyl sites for hydroxylation is 1. The Labute approximate surface area is 114 Å². The van der Waals surface area contributed by atoms with Crippen LogP contribution in [0.5, 0.6) is 0 Å². The van der Waals surface area contributed by atoms with E-state index >= 15 is 0 Å². The van der Waals surface area contributed by atoms with E-state index in [9.17, 15) is 4.79 Å². The lowest BCUT2D eigenvalue weighted by Crippen LogP contribution is -2.26. The fraction of sp³-hybridized carbons (Fsp3) is 0.214. The molecule has 1 atom stereocenters. The Morgan fingerprint density at radius 3 is 2.78 bits per heavy atom. The van der Waals surface area contributed by atoms with Crippen molar-refractivity contribution in [1.29, 1.82) is 0 Å². The second kappa shape index (κ2) is 5.40. The summed E-state index contributed by atoms with van der Waals surface area (Å²) in [4.78, 5) is 11.9. The van der Waals surface area contributed by atoms with Crippen LogP contribution in [-0.4, -0.2) is 5.91 Å². The molecule has 2 rings (SSSR count). The Morgan fingerprint density at radius 1 is 1.39 bits per heavy atom. The molecule has 1 unspecified atom stereocenters. The molecular weight excluding hydrogens is 294 g/mol. The predicted octanol–water partition coefficient (Wildman–Crippen LogP) is 3.84. The first-order chi connectivity index (χ1) is 8.56. The summed E-state index contributed by atoms with van der Waals surface area (Å²) < 4.78 is 6.12. The molecular formula is C14H14BrNO2. The zero-order chi connectivity index (χ0) is 13.1. The number of furan rings is 1. The molecule has 1 aromatic heterocycles. The van der Waals surface area contributed by atoms with Crippen LogP contribution in [0.1, 0.15) is 34.6 Å². The van der Waals surface area contributed by atoms with E-state index in [4.69, 9.17) is 4.42 Å². The third-order valence-corrected chi connectivity index (χ3v) is 3.18. The minimum absolute atomic E-state index is 0.0507. The molecule has 0 saturated carbocycles. The molecule has 0 radical (unpaired) electrons. The number of carbonyl (C=O) groups excluding carboxylic acids is 1. The van der Waals surface area contributed by atoms with E-state index in [0.717, 1.165) is 15.8 Å². The summed E-state index contributed by atoms with van der Waals surface area (Å²) in [5, 5.41) is 2.93. The minimum Gasteiger partial charge on any atom is -0.469 e. The van der Waals surface area contributed by atoms with Gasteiger partial charge in [0.05, 0.1) is 11.6 Å². The van der Waals surface area contributed by atoms with Crippen LogP contribution in [0.3, 0.4) is 0 Å². The predicted molar refractivity (Wildman–Crippen MR) is 73.5 cm³/mol. The Kier molecular flexibility index (Phi) is 3.87. The first kappa shape index (κ1) is 12.9. The largest absolute Gasteiger partial charge is 0.469 e. The van der Waals surface area contributed by atoms with E-state index in [1.165, 1.54) is 6.26 Å². The Bertz CT molecular complexity index is 562. The lowest BCUT2D eigenvalue weighted by atomic mass is 10.1. The smallest absolute Gasteiger partial charge is 0.255 e. The van der Waals surface area contributed by atoms with Crippen molar-refractivity contribution in [2.75, 3.05) is 0 Å². The highest BCUT2D eigenvalue weighted by Gasteiger charge is 2.13. The molecule has 94 valence electrons. The van der Waals surface area contributed by atoms with Crippen molar-refractivity contribution in [3.63, 3.8) is 0 Å². The first-order valence-electron chi connectivity index (χ1n) is 5.68. The lowest BCUT2D eigenvalue weighted by molar-refractivity contribution is 0.0939. The number of rotatable bonds is 3. The maximum Gasteiger partial charge on any atom is 0.255 e. The molecule has 2 aromatic rings. The average molecular weight is 308 g/mol. The number of benzene rings is 1. The molecule has 1 heterocycles. The topological polar surface area (TPSA) is 42.2 Å². The summed E-state index contributed by atoms with van der Waals surface area (Å²) in [5.41, 5.74) is 1.60. The van der Waals surface area contributed by atoms with Gasteiger partial charge in [0, 0.05) is 4.47 Å². The molecule has 1 amide bonds. The lowest BCUT2D eigenvalue weighted by Gasteiger charge is -2.13.